The molecule has 0 bridgehead atoms. The third-order valence-corrected chi connectivity index (χ3v) is 8.37. The molecule has 0 saturated carbocycles. The molecule has 1 atom stereocenters. The van der Waals surface area contributed by atoms with Crippen LogP contribution in [0.5, 0.6) is 11.5 Å². The number of benzene rings is 3. The minimum atomic E-state index is -0.603. The van der Waals surface area contributed by atoms with Gasteiger partial charge in [-0.2, -0.15) is 5.26 Å². The lowest BCUT2D eigenvalue weighted by atomic mass is 9.77. The summed E-state index contributed by atoms with van der Waals surface area (Å²) in [6.45, 7) is 0.366. The standard InChI is InChI=1S/C32H27Cl2N3O4S/c1-40-28-12-20(10-11-27(28)41-17-19-6-3-2-4-7-19)30-24(16-35)32(37-25-8-5-9-26(38)31(25)30)42-18-29(39)36-23-14-21(33)13-22(34)15-23/h2-4,6-7,10-15,30,37H,5,8-9,17-18H2,1H3,(H,36,39). The van der Waals surface area contributed by atoms with Crippen LogP contribution in [0.15, 0.2) is 88.6 Å². The fraction of sp³-hybridized carbons (Fsp3) is 0.219. The van der Waals surface area contributed by atoms with Gasteiger partial charge in [-0.1, -0.05) is 71.4 Å². The molecular weight excluding hydrogens is 593 g/mol. The Bertz CT molecular complexity index is 1610. The van der Waals surface area contributed by atoms with Crippen molar-refractivity contribution < 1.29 is 19.1 Å². The van der Waals surface area contributed by atoms with E-state index in [0.717, 1.165) is 16.8 Å². The van der Waals surface area contributed by atoms with E-state index in [9.17, 15) is 14.9 Å². The number of ether oxygens (including phenoxy) is 2. The Morgan fingerprint density at radius 3 is 2.55 bits per heavy atom. The first kappa shape index (κ1) is 29.6. The fourth-order valence-electron chi connectivity index (χ4n) is 5.05. The average molecular weight is 621 g/mol. The predicted octanol–water partition coefficient (Wildman–Crippen LogP) is 7.38. The van der Waals surface area contributed by atoms with Crippen LogP contribution in [0.4, 0.5) is 5.69 Å². The van der Waals surface area contributed by atoms with Crippen LogP contribution >= 0.6 is 35.0 Å². The Morgan fingerprint density at radius 1 is 1.07 bits per heavy atom. The van der Waals surface area contributed by atoms with Crippen LogP contribution in [-0.2, 0) is 16.2 Å². The third-order valence-electron chi connectivity index (χ3n) is 6.92. The molecule has 2 aliphatic rings. The molecule has 0 saturated heterocycles. The quantitative estimate of drug-likeness (QED) is 0.258. The van der Waals surface area contributed by atoms with E-state index in [0.29, 0.717) is 69.3 Å². The molecule has 0 aromatic heterocycles. The number of amides is 1. The van der Waals surface area contributed by atoms with Gasteiger partial charge in [0.05, 0.1) is 35.5 Å². The highest BCUT2D eigenvalue weighted by Gasteiger charge is 2.37. The minimum Gasteiger partial charge on any atom is -0.493 e. The van der Waals surface area contributed by atoms with Crippen LogP contribution in [0.3, 0.4) is 0 Å². The topological polar surface area (TPSA) is 100 Å². The summed E-state index contributed by atoms with van der Waals surface area (Å²) in [5.74, 6) is 0.188. The molecule has 3 aromatic carbocycles. The normalized spacial score (nSPS) is 16.3. The number of nitrogens with one attached hydrogen (secondary N) is 2. The molecule has 1 aliphatic carbocycles. The molecule has 214 valence electrons. The summed E-state index contributed by atoms with van der Waals surface area (Å²) >= 11 is 13.3. The van der Waals surface area contributed by atoms with E-state index >= 15 is 0 Å². The Balaban J connectivity index is 1.42. The molecule has 1 amide bonds. The molecule has 0 spiro atoms. The van der Waals surface area contributed by atoms with Gasteiger partial charge in [0.25, 0.3) is 0 Å². The fourth-order valence-corrected chi connectivity index (χ4v) is 6.44. The van der Waals surface area contributed by atoms with Crippen LogP contribution < -0.4 is 20.1 Å². The second kappa shape index (κ2) is 13.4. The summed E-state index contributed by atoms with van der Waals surface area (Å²) < 4.78 is 11.7. The number of methoxy groups -OCH3 is 1. The summed E-state index contributed by atoms with van der Waals surface area (Å²) in [7, 11) is 1.56. The van der Waals surface area contributed by atoms with E-state index in [1.165, 1.54) is 11.8 Å². The van der Waals surface area contributed by atoms with Gasteiger partial charge in [-0.3, -0.25) is 9.59 Å². The Labute approximate surface area is 258 Å². The number of carbonyl (C=O) groups is 2. The molecule has 10 heteroatoms. The molecule has 0 radical (unpaired) electrons. The van der Waals surface area contributed by atoms with E-state index in [2.05, 4.69) is 16.7 Å². The zero-order chi connectivity index (χ0) is 29.6. The molecular formula is C32H27Cl2N3O4S. The van der Waals surface area contributed by atoms with Gasteiger partial charge >= 0.3 is 0 Å². The third kappa shape index (κ3) is 6.76. The summed E-state index contributed by atoms with van der Waals surface area (Å²) in [5.41, 5.74) is 3.96. The molecule has 2 N–H and O–H groups in total. The number of hydrogen-bond donors (Lipinski definition) is 2. The van der Waals surface area contributed by atoms with Gasteiger partial charge in [-0.25, -0.2) is 0 Å². The Hall–Kier alpha value is -3.90. The monoisotopic (exact) mass is 619 g/mol. The number of carbonyl (C=O) groups excluding carboxylic acids is 2. The molecule has 5 rings (SSSR count). The van der Waals surface area contributed by atoms with E-state index in [4.69, 9.17) is 32.7 Å². The van der Waals surface area contributed by atoms with Gasteiger partial charge in [0.2, 0.25) is 5.91 Å². The maximum Gasteiger partial charge on any atom is 0.234 e. The number of allylic oxidation sites excluding steroid dienone is 3. The van der Waals surface area contributed by atoms with E-state index in [1.54, 1.807) is 31.4 Å². The first-order valence-electron chi connectivity index (χ1n) is 13.3. The second-order valence-corrected chi connectivity index (χ2v) is 11.6. The number of anilines is 1. The minimum absolute atomic E-state index is 0.00417. The second-order valence-electron chi connectivity index (χ2n) is 9.76. The van der Waals surface area contributed by atoms with Crippen molar-refractivity contribution in [3.63, 3.8) is 0 Å². The Morgan fingerprint density at radius 2 is 1.83 bits per heavy atom. The number of dihydropyridines is 1. The van der Waals surface area contributed by atoms with Gasteiger partial charge in [-0.05, 0) is 54.3 Å². The smallest absolute Gasteiger partial charge is 0.234 e. The number of nitrogens with zero attached hydrogens (tertiary/aromatic N) is 1. The van der Waals surface area contributed by atoms with Gasteiger partial charge in [-0.15, -0.1) is 0 Å². The lowest BCUT2D eigenvalue weighted by Gasteiger charge is -2.33. The number of Topliss-reactive ketones (excluding diaryl/α,β-unsaturated/α-hetero) is 1. The maximum atomic E-state index is 13.2. The van der Waals surface area contributed by atoms with Gasteiger partial charge in [0, 0.05) is 33.4 Å². The first-order valence-corrected chi connectivity index (χ1v) is 15.0. The number of halogens is 2. The summed E-state index contributed by atoms with van der Waals surface area (Å²) in [6, 6.07) is 22.4. The van der Waals surface area contributed by atoms with Crippen molar-refractivity contribution in [2.75, 3.05) is 18.2 Å². The van der Waals surface area contributed by atoms with Crippen LogP contribution in [-0.4, -0.2) is 24.6 Å². The Kier molecular flexibility index (Phi) is 9.43. The molecule has 1 heterocycles. The van der Waals surface area contributed by atoms with Crippen molar-refractivity contribution in [2.24, 2.45) is 0 Å². The van der Waals surface area contributed by atoms with Crippen molar-refractivity contribution in [3.05, 3.63) is 110 Å². The molecule has 0 fully saturated rings. The molecule has 3 aromatic rings. The number of nitriles is 1. The van der Waals surface area contributed by atoms with E-state index < -0.39 is 5.92 Å². The number of thioether (sulfide) groups is 1. The molecule has 7 nitrogen and oxygen atoms in total. The van der Waals surface area contributed by atoms with Crippen molar-refractivity contribution in [2.45, 2.75) is 31.8 Å². The highest BCUT2D eigenvalue weighted by Crippen LogP contribution is 2.45. The van der Waals surface area contributed by atoms with Crippen molar-refractivity contribution >= 4 is 52.3 Å². The molecule has 1 aliphatic heterocycles. The lowest BCUT2D eigenvalue weighted by Crippen LogP contribution is -2.31. The van der Waals surface area contributed by atoms with E-state index in [-0.39, 0.29) is 17.4 Å². The highest BCUT2D eigenvalue weighted by atomic mass is 35.5. The molecule has 42 heavy (non-hydrogen) atoms. The van der Waals surface area contributed by atoms with Gasteiger partial charge < -0.3 is 20.1 Å². The van der Waals surface area contributed by atoms with Crippen molar-refractivity contribution in [1.29, 1.82) is 5.26 Å². The maximum absolute atomic E-state index is 13.2. The summed E-state index contributed by atoms with van der Waals surface area (Å²) in [5, 5.41) is 17.8. The largest absolute Gasteiger partial charge is 0.493 e. The van der Waals surface area contributed by atoms with Gasteiger partial charge in [0.1, 0.15) is 6.61 Å². The average Bonchev–Trinajstić information content (AvgIpc) is 2.98. The van der Waals surface area contributed by atoms with Crippen LogP contribution in [0.2, 0.25) is 10.0 Å². The molecule has 1 unspecified atom stereocenters. The zero-order valence-electron chi connectivity index (χ0n) is 22.7. The SMILES string of the molecule is COc1cc(C2C(C#N)=C(SCC(=O)Nc3cc(Cl)cc(Cl)c3)NC3=C2C(=O)CCC3)ccc1OCc1ccccc1. The first-order chi connectivity index (χ1) is 20.4. The summed E-state index contributed by atoms with van der Waals surface area (Å²) in [4.78, 5) is 26.0. The zero-order valence-corrected chi connectivity index (χ0v) is 25.0. The predicted molar refractivity (Wildman–Crippen MR) is 166 cm³/mol. The van der Waals surface area contributed by atoms with Gasteiger partial charge in [0.15, 0.2) is 17.3 Å². The van der Waals surface area contributed by atoms with Crippen LogP contribution in [0, 0.1) is 11.3 Å². The van der Waals surface area contributed by atoms with E-state index in [1.807, 2.05) is 42.5 Å². The van der Waals surface area contributed by atoms with Crippen molar-refractivity contribution in [1.82, 2.24) is 5.32 Å². The number of hydrogen-bond acceptors (Lipinski definition) is 7. The number of rotatable bonds is 9. The lowest BCUT2D eigenvalue weighted by molar-refractivity contribution is -0.116. The summed E-state index contributed by atoms with van der Waals surface area (Å²) in [6.07, 6.45) is 1.80. The van der Waals surface area contributed by atoms with Crippen molar-refractivity contribution in [3.8, 4) is 17.6 Å². The number of ketones is 1. The van der Waals surface area contributed by atoms with Crippen LogP contribution in [0.1, 0.15) is 36.3 Å². The van der Waals surface area contributed by atoms with Crippen LogP contribution in [0.25, 0.3) is 0 Å². The highest BCUT2D eigenvalue weighted by molar-refractivity contribution is 8.03.